The molecule has 6 rings (SSSR count). The predicted molar refractivity (Wildman–Crippen MR) is 139 cm³/mol. The Hall–Kier alpha value is -3.50. The summed E-state index contributed by atoms with van der Waals surface area (Å²) in [5.41, 5.74) is 7.23. The molecule has 4 heteroatoms. The van der Waals surface area contributed by atoms with Crippen LogP contribution in [-0.4, -0.2) is 9.55 Å². The monoisotopic (exact) mass is 448 g/mol. The third-order valence-electron chi connectivity index (χ3n) is 6.52. The Balaban J connectivity index is 1.80. The number of nitrogens with zero attached hydrogens (tertiary/aromatic N) is 3. The molecular formula is C29H26N3S+. The van der Waals surface area contributed by atoms with E-state index in [9.17, 15) is 0 Å². The minimum absolute atomic E-state index is 0.410. The van der Waals surface area contributed by atoms with Crippen molar-refractivity contribution in [1.82, 2.24) is 9.55 Å². The Morgan fingerprint density at radius 2 is 1.64 bits per heavy atom. The number of imidazole rings is 1. The number of hydrogen-bond donors (Lipinski definition) is 0. The van der Waals surface area contributed by atoms with Crippen LogP contribution in [0.4, 0.5) is 0 Å². The molecule has 3 nitrogen and oxygen atoms in total. The van der Waals surface area contributed by atoms with Crippen molar-refractivity contribution in [2.24, 2.45) is 7.05 Å². The normalized spacial score (nSPS) is 11.9. The van der Waals surface area contributed by atoms with Crippen molar-refractivity contribution in [3.05, 3.63) is 89.4 Å². The zero-order chi connectivity index (χ0) is 22.7. The van der Waals surface area contributed by atoms with Gasteiger partial charge in [0.1, 0.15) is 5.69 Å². The van der Waals surface area contributed by atoms with Crippen LogP contribution >= 0.6 is 11.3 Å². The smallest absolute Gasteiger partial charge is 0.241 e. The van der Waals surface area contributed by atoms with E-state index in [1.165, 1.54) is 54.2 Å². The summed E-state index contributed by atoms with van der Waals surface area (Å²) in [6.45, 7) is 6.66. The largest absolute Gasteiger partial charge is 0.296 e. The molecule has 0 saturated carbocycles. The maximum atomic E-state index is 4.98. The fourth-order valence-corrected chi connectivity index (χ4v) is 6.04. The standard InChI is InChI=1S/C29H26N3S/c1-18(2)28-30-22-17-16-19(3)26(27(22)33-28)29-31(4)24-13-7-8-14-25(24)32(29)23-15-9-11-20-10-5-6-12-21(20)23/h5-18H,1-4H3/q+1. The molecule has 0 saturated heterocycles. The first-order chi connectivity index (χ1) is 16.0. The molecule has 0 aliphatic heterocycles. The molecule has 2 heterocycles. The summed E-state index contributed by atoms with van der Waals surface area (Å²) in [5, 5.41) is 3.68. The summed E-state index contributed by atoms with van der Waals surface area (Å²) in [5.74, 6) is 1.60. The Morgan fingerprint density at radius 1 is 0.879 bits per heavy atom. The van der Waals surface area contributed by atoms with Crippen LogP contribution in [0.3, 0.4) is 0 Å². The van der Waals surface area contributed by atoms with Gasteiger partial charge in [0.25, 0.3) is 5.82 Å². The van der Waals surface area contributed by atoms with E-state index in [4.69, 9.17) is 4.98 Å². The lowest BCUT2D eigenvalue weighted by Gasteiger charge is -2.09. The van der Waals surface area contributed by atoms with Gasteiger partial charge in [-0.1, -0.05) is 68.4 Å². The predicted octanol–water partition coefficient (Wildman–Crippen LogP) is 7.32. The molecule has 0 amide bonds. The van der Waals surface area contributed by atoms with E-state index < -0.39 is 0 Å². The number of benzene rings is 4. The molecule has 0 bridgehead atoms. The third-order valence-corrected chi connectivity index (χ3v) is 7.91. The molecule has 6 aromatic rings. The average Bonchev–Trinajstić information content (AvgIpc) is 3.39. The van der Waals surface area contributed by atoms with Crippen molar-refractivity contribution in [2.75, 3.05) is 0 Å². The molecule has 4 aromatic carbocycles. The van der Waals surface area contributed by atoms with Crippen molar-refractivity contribution in [3.8, 4) is 17.1 Å². The molecule has 0 aliphatic rings. The maximum absolute atomic E-state index is 4.98. The van der Waals surface area contributed by atoms with Gasteiger partial charge in [-0.25, -0.2) is 9.55 Å². The zero-order valence-electron chi connectivity index (χ0n) is 19.3. The summed E-state index contributed by atoms with van der Waals surface area (Å²) < 4.78 is 6.04. The van der Waals surface area contributed by atoms with Crippen LogP contribution in [0.2, 0.25) is 0 Å². The van der Waals surface area contributed by atoms with Crippen LogP contribution in [0.25, 0.3) is 49.1 Å². The minimum Gasteiger partial charge on any atom is -0.241 e. The second-order valence-corrected chi connectivity index (χ2v) is 10.0. The van der Waals surface area contributed by atoms with E-state index in [-0.39, 0.29) is 0 Å². The van der Waals surface area contributed by atoms with Gasteiger partial charge in [-0.3, -0.25) is 0 Å². The highest BCUT2D eigenvalue weighted by molar-refractivity contribution is 7.19. The van der Waals surface area contributed by atoms with E-state index >= 15 is 0 Å². The second kappa shape index (κ2) is 7.53. The van der Waals surface area contributed by atoms with Gasteiger partial charge in [0.2, 0.25) is 0 Å². The quantitative estimate of drug-likeness (QED) is 0.260. The van der Waals surface area contributed by atoms with Gasteiger partial charge in [0.15, 0.2) is 11.0 Å². The number of aryl methyl sites for hydroxylation is 2. The summed E-state index contributed by atoms with van der Waals surface area (Å²) in [7, 11) is 2.18. The summed E-state index contributed by atoms with van der Waals surface area (Å²) >= 11 is 1.83. The summed E-state index contributed by atoms with van der Waals surface area (Å²) in [6.07, 6.45) is 0. The molecule has 0 N–H and O–H groups in total. The first-order valence-corrected chi connectivity index (χ1v) is 12.2. The maximum Gasteiger partial charge on any atom is 0.296 e. The highest BCUT2D eigenvalue weighted by atomic mass is 32.1. The second-order valence-electron chi connectivity index (χ2n) is 9.02. The van der Waals surface area contributed by atoms with Gasteiger partial charge < -0.3 is 0 Å². The first-order valence-electron chi connectivity index (χ1n) is 11.4. The summed E-state index contributed by atoms with van der Waals surface area (Å²) in [6, 6.07) is 28.3. The molecular weight excluding hydrogens is 422 g/mol. The van der Waals surface area contributed by atoms with E-state index in [1.807, 2.05) is 11.3 Å². The number of hydrogen-bond acceptors (Lipinski definition) is 2. The van der Waals surface area contributed by atoms with Crippen LogP contribution in [0.1, 0.15) is 30.3 Å². The summed E-state index contributed by atoms with van der Waals surface area (Å²) in [4.78, 5) is 4.98. The Morgan fingerprint density at radius 3 is 2.48 bits per heavy atom. The molecule has 0 radical (unpaired) electrons. The van der Waals surface area contributed by atoms with Crippen LogP contribution < -0.4 is 4.57 Å². The molecule has 0 unspecified atom stereocenters. The lowest BCUT2D eigenvalue weighted by molar-refractivity contribution is -0.633. The molecule has 2 aromatic heterocycles. The van der Waals surface area contributed by atoms with Crippen molar-refractivity contribution in [1.29, 1.82) is 0 Å². The van der Waals surface area contributed by atoms with Gasteiger partial charge in [-0.15, -0.1) is 11.3 Å². The third kappa shape index (κ3) is 3.01. The number of rotatable bonds is 3. The van der Waals surface area contributed by atoms with Gasteiger partial charge in [-0.05, 0) is 42.1 Å². The molecule has 0 atom stereocenters. The molecule has 162 valence electrons. The van der Waals surface area contributed by atoms with Gasteiger partial charge >= 0.3 is 0 Å². The highest BCUT2D eigenvalue weighted by Crippen LogP contribution is 2.39. The Bertz CT molecular complexity index is 1660. The van der Waals surface area contributed by atoms with E-state index in [2.05, 4.69) is 116 Å². The van der Waals surface area contributed by atoms with E-state index in [0.29, 0.717) is 5.92 Å². The lowest BCUT2D eigenvalue weighted by atomic mass is 10.1. The van der Waals surface area contributed by atoms with Crippen molar-refractivity contribution >= 4 is 43.4 Å². The van der Waals surface area contributed by atoms with Crippen LogP contribution in [0.15, 0.2) is 78.9 Å². The molecule has 33 heavy (non-hydrogen) atoms. The molecule has 0 fully saturated rings. The number of para-hydroxylation sites is 2. The average molecular weight is 449 g/mol. The van der Waals surface area contributed by atoms with Gasteiger partial charge in [0, 0.05) is 11.3 Å². The van der Waals surface area contributed by atoms with Crippen molar-refractivity contribution < 1.29 is 4.57 Å². The van der Waals surface area contributed by atoms with Crippen LogP contribution in [0.5, 0.6) is 0 Å². The number of fused-ring (bicyclic) bond motifs is 3. The minimum atomic E-state index is 0.410. The van der Waals surface area contributed by atoms with E-state index in [1.54, 1.807) is 0 Å². The number of thiazole rings is 1. The van der Waals surface area contributed by atoms with E-state index in [0.717, 1.165) is 5.52 Å². The fourth-order valence-electron chi connectivity index (χ4n) is 4.87. The topological polar surface area (TPSA) is 21.7 Å². The first kappa shape index (κ1) is 20.1. The highest BCUT2D eigenvalue weighted by Gasteiger charge is 2.30. The molecule has 0 spiro atoms. The lowest BCUT2D eigenvalue weighted by Crippen LogP contribution is -2.30. The Kier molecular flexibility index (Phi) is 4.59. The van der Waals surface area contributed by atoms with Gasteiger partial charge in [0.05, 0.1) is 27.8 Å². The number of aromatic nitrogens is 3. The van der Waals surface area contributed by atoms with Crippen molar-refractivity contribution in [3.63, 3.8) is 0 Å². The van der Waals surface area contributed by atoms with Crippen LogP contribution in [0, 0.1) is 6.92 Å². The van der Waals surface area contributed by atoms with Crippen molar-refractivity contribution in [2.45, 2.75) is 26.7 Å². The Labute approximate surface area is 197 Å². The fraction of sp³-hybridized carbons (Fsp3) is 0.172. The zero-order valence-corrected chi connectivity index (χ0v) is 20.1. The SMILES string of the molecule is Cc1ccc2nc(C(C)C)sc2c1-c1n(-c2cccc3ccccc23)c2ccccc2[n+]1C. The van der Waals surface area contributed by atoms with Gasteiger partial charge in [-0.2, -0.15) is 4.57 Å². The van der Waals surface area contributed by atoms with Crippen LogP contribution in [-0.2, 0) is 7.05 Å². The molecule has 0 aliphatic carbocycles.